The molecule has 1 heterocycles. The zero-order chi connectivity index (χ0) is 12.6. The van der Waals surface area contributed by atoms with Gasteiger partial charge in [0.15, 0.2) is 0 Å². The first-order valence-electron chi connectivity index (χ1n) is 4.56. The van der Waals surface area contributed by atoms with Crippen LogP contribution in [0.25, 0.3) is 0 Å². The van der Waals surface area contributed by atoms with Gasteiger partial charge in [-0.2, -0.15) is 0 Å². The lowest BCUT2D eigenvalue weighted by Crippen LogP contribution is -2.01. The molecule has 0 fully saturated rings. The van der Waals surface area contributed by atoms with Crippen LogP contribution in [0.1, 0.15) is 16.5 Å². The van der Waals surface area contributed by atoms with Gasteiger partial charge in [0.05, 0.1) is 9.90 Å². The van der Waals surface area contributed by atoms with Gasteiger partial charge in [0, 0.05) is 14.5 Å². The number of thiophene rings is 1. The Morgan fingerprint density at radius 1 is 1.29 bits per heavy atom. The maximum Gasteiger partial charge on any atom is 0.130 e. The molecule has 1 unspecified atom stereocenters. The van der Waals surface area contributed by atoms with Crippen LogP contribution in [0, 0.1) is 5.82 Å². The van der Waals surface area contributed by atoms with E-state index in [2.05, 4.69) is 31.9 Å². The van der Waals surface area contributed by atoms with Crippen LogP contribution in [0.4, 0.5) is 4.39 Å². The molecule has 2 rings (SSSR count). The maximum atomic E-state index is 13.7. The summed E-state index contributed by atoms with van der Waals surface area (Å²) in [6.07, 6.45) is -1.02. The molecular formula is C11H6Br2ClFOS. The second-order valence-corrected chi connectivity index (χ2v) is 6.39. The first-order chi connectivity index (χ1) is 8.00. The van der Waals surface area contributed by atoms with Crippen molar-refractivity contribution in [3.05, 3.63) is 53.8 Å². The molecule has 2 aromatic rings. The lowest BCUT2D eigenvalue weighted by Gasteiger charge is -2.12. The summed E-state index contributed by atoms with van der Waals surface area (Å²) in [6, 6.07) is 4.49. The molecule has 0 aliphatic carbocycles. The van der Waals surface area contributed by atoms with Gasteiger partial charge < -0.3 is 5.11 Å². The number of benzene rings is 1. The minimum atomic E-state index is -1.02. The molecule has 1 nitrogen and oxygen atoms in total. The van der Waals surface area contributed by atoms with Gasteiger partial charge in [0.1, 0.15) is 11.9 Å². The van der Waals surface area contributed by atoms with Crippen molar-refractivity contribution in [2.75, 3.05) is 0 Å². The van der Waals surface area contributed by atoms with Crippen LogP contribution in [0.3, 0.4) is 0 Å². The summed E-state index contributed by atoms with van der Waals surface area (Å²) in [7, 11) is 0. The van der Waals surface area contributed by atoms with E-state index in [0.29, 0.717) is 14.4 Å². The highest BCUT2D eigenvalue weighted by Gasteiger charge is 2.20. The van der Waals surface area contributed by atoms with Gasteiger partial charge in [-0.05, 0) is 55.4 Å². The highest BCUT2D eigenvalue weighted by molar-refractivity contribution is 9.10. The van der Waals surface area contributed by atoms with E-state index in [4.69, 9.17) is 11.6 Å². The van der Waals surface area contributed by atoms with E-state index < -0.39 is 11.9 Å². The second-order valence-electron chi connectivity index (χ2n) is 3.32. The van der Waals surface area contributed by atoms with Gasteiger partial charge in [-0.15, -0.1) is 11.3 Å². The quantitative estimate of drug-likeness (QED) is 0.692. The Morgan fingerprint density at radius 2 is 2.00 bits per heavy atom. The van der Waals surface area contributed by atoms with Crippen molar-refractivity contribution in [3.63, 3.8) is 0 Å². The average Bonchev–Trinajstić information content (AvgIpc) is 2.69. The van der Waals surface area contributed by atoms with Crippen LogP contribution in [0.15, 0.2) is 32.5 Å². The third-order valence-corrected chi connectivity index (χ3v) is 5.35. The highest BCUT2D eigenvalue weighted by Crippen LogP contribution is 2.36. The molecule has 17 heavy (non-hydrogen) atoms. The summed E-state index contributed by atoms with van der Waals surface area (Å²) in [5, 5.41) is 12.3. The first-order valence-corrected chi connectivity index (χ1v) is 7.40. The fourth-order valence-electron chi connectivity index (χ4n) is 1.39. The lowest BCUT2D eigenvalue weighted by molar-refractivity contribution is 0.218. The Morgan fingerprint density at radius 3 is 2.59 bits per heavy atom. The molecule has 0 radical (unpaired) electrons. The van der Waals surface area contributed by atoms with Crippen molar-refractivity contribution in [1.82, 2.24) is 0 Å². The van der Waals surface area contributed by atoms with Crippen molar-refractivity contribution in [3.8, 4) is 0 Å². The van der Waals surface area contributed by atoms with E-state index in [0.717, 1.165) is 4.47 Å². The maximum absolute atomic E-state index is 13.7. The predicted octanol–water partition coefficient (Wildman–Crippen LogP) is 5.15. The Bertz CT molecular complexity index is 558. The molecule has 90 valence electrons. The third-order valence-electron chi connectivity index (χ3n) is 2.23. The molecule has 0 saturated carbocycles. The van der Waals surface area contributed by atoms with Crippen molar-refractivity contribution in [2.24, 2.45) is 0 Å². The fraction of sp³-hybridized carbons (Fsp3) is 0.0909. The highest BCUT2D eigenvalue weighted by atomic mass is 79.9. The van der Waals surface area contributed by atoms with Crippen LogP contribution in [0.2, 0.25) is 5.02 Å². The molecule has 0 bridgehead atoms. The van der Waals surface area contributed by atoms with E-state index in [1.165, 1.54) is 23.5 Å². The standard InChI is InChI=1S/C11H6Br2ClFOS/c12-6-1-2-17-11(6)10(16)5-3-8(14)7(13)4-9(5)15/h1-4,10,16H. The molecule has 1 aromatic heterocycles. The minimum Gasteiger partial charge on any atom is -0.383 e. The minimum absolute atomic E-state index is 0.168. The van der Waals surface area contributed by atoms with Crippen molar-refractivity contribution >= 4 is 54.8 Å². The predicted molar refractivity (Wildman–Crippen MR) is 75.2 cm³/mol. The van der Waals surface area contributed by atoms with E-state index in [1.807, 2.05) is 11.4 Å². The molecule has 0 saturated heterocycles. The summed E-state index contributed by atoms with van der Waals surface area (Å²) < 4.78 is 15.0. The normalized spacial score (nSPS) is 12.8. The molecular weight excluding hydrogens is 394 g/mol. The Balaban J connectivity index is 2.48. The largest absolute Gasteiger partial charge is 0.383 e. The summed E-state index contributed by atoms with van der Waals surface area (Å²) in [5.41, 5.74) is 0.168. The molecule has 0 amide bonds. The zero-order valence-electron chi connectivity index (χ0n) is 8.25. The van der Waals surface area contributed by atoms with Crippen molar-refractivity contribution < 1.29 is 9.50 Å². The van der Waals surface area contributed by atoms with Crippen LogP contribution in [0.5, 0.6) is 0 Å². The van der Waals surface area contributed by atoms with E-state index in [9.17, 15) is 9.50 Å². The molecule has 1 atom stereocenters. The monoisotopic (exact) mass is 398 g/mol. The van der Waals surface area contributed by atoms with E-state index >= 15 is 0 Å². The summed E-state index contributed by atoms with van der Waals surface area (Å²) in [6.45, 7) is 0. The summed E-state index contributed by atoms with van der Waals surface area (Å²) in [4.78, 5) is 0.655. The van der Waals surface area contributed by atoms with Gasteiger partial charge >= 0.3 is 0 Å². The number of aliphatic hydroxyl groups excluding tert-OH is 1. The molecule has 0 spiro atoms. The van der Waals surface area contributed by atoms with Crippen LogP contribution < -0.4 is 0 Å². The van der Waals surface area contributed by atoms with Crippen molar-refractivity contribution in [1.29, 1.82) is 0 Å². The number of aliphatic hydroxyl groups is 1. The van der Waals surface area contributed by atoms with Crippen LogP contribution >= 0.6 is 54.8 Å². The second kappa shape index (κ2) is 5.36. The molecule has 0 aliphatic heterocycles. The Hall–Kier alpha value is 0.0600. The van der Waals surface area contributed by atoms with Gasteiger partial charge in [0.2, 0.25) is 0 Å². The van der Waals surface area contributed by atoms with Gasteiger partial charge in [0.25, 0.3) is 0 Å². The van der Waals surface area contributed by atoms with Gasteiger partial charge in [-0.1, -0.05) is 11.6 Å². The van der Waals surface area contributed by atoms with E-state index in [-0.39, 0.29) is 5.56 Å². The Kier molecular flexibility index (Phi) is 4.26. The van der Waals surface area contributed by atoms with Crippen molar-refractivity contribution in [2.45, 2.75) is 6.10 Å². The zero-order valence-corrected chi connectivity index (χ0v) is 13.0. The molecule has 0 aliphatic rings. The SMILES string of the molecule is OC(c1cc(Cl)c(Br)cc1F)c1sccc1Br. The van der Waals surface area contributed by atoms with Crippen LogP contribution in [-0.2, 0) is 0 Å². The van der Waals surface area contributed by atoms with Gasteiger partial charge in [-0.25, -0.2) is 4.39 Å². The Labute approximate surface area is 123 Å². The molecule has 6 heteroatoms. The molecule has 1 N–H and O–H groups in total. The number of hydrogen-bond acceptors (Lipinski definition) is 2. The van der Waals surface area contributed by atoms with Gasteiger partial charge in [-0.3, -0.25) is 0 Å². The third kappa shape index (κ3) is 2.74. The molecule has 1 aromatic carbocycles. The fourth-order valence-corrected chi connectivity index (χ4v) is 3.47. The number of rotatable bonds is 2. The number of hydrogen-bond donors (Lipinski definition) is 1. The topological polar surface area (TPSA) is 20.2 Å². The summed E-state index contributed by atoms with van der Waals surface area (Å²) in [5.74, 6) is -0.492. The van der Waals surface area contributed by atoms with Crippen LogP contribution in [-0.4, -0.2) is 5.11 Å². The lowest BCUT2D eigenvalue weighted by atomic mass is 10.1. The number of halogens is 4. The smallest absolute Gasteiger partial charge is 0.130 e. The first kappa shape index (κ1) is 13.5. The summed E-state index contributed by atoms with van der Waals surface area (Å²) >= 11 is 13.7. The average molecular weight is 400 g/mol. The van der Waals surface area contributed by atoms with E-state index in [1.54, 1.807) is 0 Å².